The van der Waals surface area contributed by atoms with E-state index in [9.17, 15) is 9.18 Å². The second kappa shape index (κ2) is 6.72. The number of hydrogen-bond acceptors (Lipinski definition) is 4. The van der Waals surface area contributed by atoms with Crippen LogP contribution in [0.2, 0.25) is 0 Å². The fourth-order valence-electron chi connectivity index (χ4n) is 2.86. The summed E-state index contributed by atoms with van der Waals surface area (Å²) in [5.74, 6) is 0.615. The summed E-state index contributed by atoms with van der Waals surface area (Å²) in [4.78, 5) is 17.5. The first-order valence-corrected chi connectivity index (χ1v) is 9.01. The molecule has 1 aliphatic rings. The van der Waals surface area contributed by atoms with Gasteiger partial charge in [-0.3, -0.25) is 4.79 Å². The number of rotatable bonds is 3. The first kappa shape index (κ1) is 15.9. The molecule has 0 bridgehead atoms. The number of nitrogens with zero attached hydrogens (tertiary/aromatic N) is 3. The third-order valence-electron chi connectivity index (χ3n) is 4.19. The van der Waals surface area contributed by atoms with Crippen molar-refractivity contribution in [2.45, 2.75) is 19.3 Å². The number of halogens is 1. The molecule has 0 fully saturated rings. The van der Waals surface area contributed by atoms with Gasteiger partial charge in [-0.2, -0.15) is 9.50 Å². The monoisotopic (exact) mass is 353 g/mol. The second-order valence-electron chi connectivity index (χ2n) is 6.03. The van der Waals surface area contributed by atoms with Crippen LogP contribution in [0.25, 0.3) is 23.2 Å². The molecule has 0 aliphatic heterocycles. The fraction of sp³-hybridized carbons (Fsp3) is 0.211. The van der Waals surface area contributed by atoms with E-state index in [1.807, 2.05) is 0 Å². The van der Waals surface area contributed by atoms with Crippen LogP contribution in [-0.2, 0) is 0 Å². The van der Waals surface area contributed by atoms with Gasteiger partial charge in [0.25, 0.3) is 5.56 Å². The highest BCUT2D eigenvalue weighted by Gasteiger charge is 2.12. The number of benzene rings is 1. The van der Waals surface area contributed by atoms with Gasteiger partial charge in [0, 0.05) is 0 Å². The Morgan fingerprint density at radius 2 is 2.04 bits per heavy atom. The van der Waals surface area contributed by atoms with Gasteiger partial charge >= 0.3 is 0 Å². The number of aromatic nitrogens is 3. The smallest absolute Gasteiger partial charge is 0.266 e. The van der Waals surface area contributed by atoms with Crippen molar-refractivity contribution >= 4 is 34.5 Å². The van der Waals surface area contributed by atoms with Crippen molar-refractivity contribution in [1.82, 2.24) is 14.6 Å². The van der Waals surface area contributed by atoms with Gasteiger partial charge in [-0.25, -0.2) is 4.39 Å². The Balaban J connectivity index is 1.61. The maximum atomic E-state index is 12.9. The standard InChI is InChI=1S/C19H16FN3OS/c20-15-9-6-13(7-10-15)8-11-17-21-19-23(22-17)18(24)16(25-19)12-14-4-2-1-3-5-14/h1-2,6-12,14H,3-5H2/b11-8+,16-12+. The molecule has 1 unspecified atom stereocenters. The lowest BCUT2D eigenvalue weighted by Crippen LogP contribution is -2.25. The van der Waals surface area contributed by atoms with E-state index in [-0.39, 0.29) is 11.4 Å². The lowest BCUT2D eigenvalue weighted by Gasteiger charge is -2.11. The van der Waals surface area contributed by atoms with Crippen molar-refractivity contribution in [2.24, 2.45) is 5.92 Å². The highest BCUT2D eigenvalue weighted by molar-refractivity contribution is 7.15. The first-order valence-electron chi connectivity index (χ1n) is 8.19. The van der Waals surface area contributed by atoms with Crippen molar-refractivity contribution in [2.75, 3.05) is 0 Å². The largest absolute Gasteiger partial charge is 0.290 e. The van der Waals surface area contributed by atoms with E-state index in [0.717, 1.165) is 24.8 Å². The number of allylic oxidation sites excluding steroid dienone is 2. The van der Waals surface area contributed by atoms with E-state index in [1.165, 1.54) is 28.0 Å². The third kappa shape index (κ3) is 3.44. The minimum absolute atomic E-state index is 0.108. The van der Waals surface area contributed by atoms with E-state index in [1.54, 1.807) is 24.3 Å². The summed E-state index contributed by atoms with van der Waals surface area (Å²) in [6.07, 6.45) is 13.1. The van der Waals surface area contributed by atoms with Gasteiger partial charge in [0.15, 0.2) is 5.82 Å². The Morgan fingerprint density at radius 1 is 1.20 bits per heavy atom. The molecule has 0 spiro atoms. The van der Waals surface area contributed by atoms with Crippen molar-refractivity contribution in [3.8, 4) is 0 Å². The lowest BCUT2D eigenvalue weighted by atomic mass is 9.94. The molecule has 0 amide bonds. The molecule has 4 nitrogen and oxygen atoms in total. The van der Waals surface area contributed by atoms with Crippen LogP contribution in [0.3, 0.4) is 0 Å². The molecular formula is C19H16FN3OS. The Kier molecular flexibility index (Phi) is 4.28. The molecule has 25 heavy (non-hydrogen) atoms. The zero-order valence-electron chi connectivity index (χ0n) is 13.4. The minimum Gasteiger partial charge on any atom is -0.266 e. The quantitative estimate of drug-likeness (QED) is 0.679. The molecule has 1 aliphatic carbocycles. The highest BCUT2D eigenvalue weighted by Crippen LogP contribution is 2.19. The molecule has 0 saturated carbocycles. The predicted octanol–water partition coefficient (Wildman–Crippen LogP) is 3.32. The molecule has 4 rings (SSSR count). The summed E-state index contributed by atoms with van der Waals surface area (Å²) in [7, 11) is 0. The van der Waals surface area contributed by atoms with Crippen LogP contribution in [-0.4, -0.2) is 14.6 Å². The molecule has 0 saturated heterocycles. The van der Waals surface area contributed by atoms with E-state index in [0.29, 0.717) is 21.2 Å². The minimum atomic E-state index is -0.272. The molecule has 0 N–H and O–H groups in total. The Morgan fingerprint density at radius 3 is 2.76 bits per heavy atom. The van der Waals surface area contributed by atoms with Gasteiger partial charge in [0.2, 0.25) is 4.96 Å². The molecule has 3 aromatic rings. The van der Waals surface area contributed by atoms with Crippen LogP contribution in [0.1, 0.15) is 30.7 Å². The van der Waals surface area contributed by atoms with Crippen molar-refractivity contribution in [3.63, 3.8) is 0 Å². The zero-order valence-corrected chi connectivity index (χ0v) is 14.2. The first-order chi connectivity index (χ1) is 12.2. The molecule has 126 valence electrons. The summed E-state index contributed by atoms with van der Waals surface area (Å²) in [5.41, 5.74) is 0.741. The van der Waals surface area contributed by atoms with E-state index < -0.39 is 0 Å². The average molecular weight is 353 g/mol. The van der Waals surface area contributed by atoms with Crippen LogP contribution < -0.4 is 10.1 Å². The molecule has 6 heteroatoms. The Bertz CT molecular complexity index is 1060. The summed E-state index contributed by atoms with van der Waals surface area (Å²) in [6, 6.07) is 6.15. The van der Waals surface area contributed by atoms with Gasteiger partial charge in [-0.1, -0.05) is 47.8 Å². The maximum absolute atomic E-state index is 12.9. The molecule has 1 atom stereocenters. The van der Waals surface area contributed by atoms with Crippen molar-refractivity contribution in [3.05, 3.63) is 68.5 Å². The van der Waals surface area contributed by atoms with Gasteiger partial charge in [-0.15, -0.1) is 5.10 Å². The zero-order chi connectivity index (χ0) is 17.2. The second-order valence-corrected chi connectivity index (χ2v) is 7.04. The van der Waals surface area contributed by atoms with Gasteiger partial charge in [0.05, 0.1) is 4.53 Å². The van der Waals surface area contributed by atoms with Crippen LogP contribution in [0.4, 0.5) is 4.39 Å². The molecule has 2 aromatic heterocycles. The van der Waals surface area contributed by atoms with E-state index >= 15 is 0 Å². The van der Waals surface area contributed by atoms with Gasteiger partial charge in [-0.05, 0) is 49.0 Å². The lowest BCUT2D eigenvalue weighted by molar-refractivity contribution is 0.612. The third-order valence-corrected chi connectivity index (χ3v) is 5.17. The van der Waals surface area contributed by atoms with E-state index in [4.69, 9.17) is 0 Å². The summed E-state index contributed by atoms with van der Waals surface area (Å²) >= 11 is 1.38. The number of thiazole rings is 1. The topological polar surface area (TPSA) is 47.3 Å². The average Bonchev–Trinajstić information content (AvgIpc) is 3.15. The maximum Gasteiger partial charge on any atom is 0.290 e. The molecule has 0 radical (unpaired) electrons. The molecule has 1 aromatic carbocycles. The Hall–Kier alpha value is -2.60. The van der Waals surface area contributed by atoms with Crippen LogP contribution in [0.15, 0.2) is 41.2 Å². The Labute approximate surface area is 147 Å². The van der Waals surface area contributed by atoms with Gasteiger partial charge < -0.3 is 0 Å². The van der Waals surface area contributed by atoms with Gasteiger partial charge in [0.1, 0.15) is 5.82 Å². The summed E-state index contributed by atoms with van der Waals surface area (Å²) < 4.78 is 15.0. The van der Waals surface area contributed by atoms with Crippen molar-refractivity contribution < 1.29 is 4.39 Å². The number of hydrogen-bond donors (Lipinski definition) is 0. The van der Waals surface area contributed by atoms with Crippen molar-refractivity contribution in [1.29, 1.82) is 0 Å². The molecule has 2 heterocycles. The summed E-state index contributed by atoms with van der Waals surface area (Å²) in [5, 5.41) is 4.27. The van der Waals surface area contributed by atoms with Crippen LogP contribution >= 0.6 is 11.3 Å². The summed E-state index contributed by atoms with van der Waals surface area (Å²) in [6.45, 7) is 0. The molecular weight excluding hydrogens is 337 g/mol. The normalized spacial score (nSPS) is 18.6. The SMILES string of the molecule is O=c1/c(=C\C2CC=CCC2)sc2nc(/C=C/c3ccc(F)cc3)nn12. The highest BCUT2D eigenvalue weighted by atomic mass is 32.1. The van der Waals surface area contributed by atoms with Crippen LogP contribution in [0, 0.1) is 11.7 Å². The van der Waals surface area contributed by atoms with Crippen LogP contribution in [0.5, 0.6) is 0 Å². The predicted molar refractivity (Wildman–Crippen MR) is 98.6 cm³/mol. The fourth-order valence-corrected chi connectivity index (χ4v) is 3.84. The van der Waals surface area contributed by atoms with E-state index in [2.05, 4.69) is 28.3 Å². The number of fused-ring (bicyclic) bond motifs is 1.